The minimum Gasteiger partial charge on any atom is -0.444 e. The van der Waals surface area contributed by atoms with E-state index in [0.717, 1.165) is 0 Å². The van der Waals surface area contributed by atoms with Gasteiger partial charge in [-0.1, -0.05) is 12.2 Å². The summed E-state index contributed by atoms with van der Waals surface area (Å²) in [5.74, 6) is 0. The number of alkyl carbamates (subject to hydrolysis) is 1. The van der Waals surface area contributed by atoms with Crippen LogP contribution in [-0.4, -0.2) is 42.2 Å². The molecule has 1 amide bonds. The van der Waals surface area contributed by atoms with Crippen LogP contribution < -0.4 is 5.32 Å². The summed E-state index contributed by atoms with van der Waals surface area (Å²) in [5.41, 5.74) is -0.545. The third kappa shape index (κ3) is 4.20. The van der Waals surface area contributed by atoms with Crippen LogP contribution in [0.1, 0.15) is 20.8 Å². The fraction of sp³-hybridized carbons (Fsp3) is 0.727. The summed E-state index contributed by atoms with van der Waals surface area (Å²) in [6.07, 6.45) is 2.84. The van der Waals surface area contributed by atoms with Gasteiger partial charge in [0.2, 0.25) is 0 Å². The lowest BCUT2D eigenvalue weighted by Crippen LogP contribution is -2.47. The molecule has 0 aromatic carbocycles. The fourth-order valence-corrected chi connectivity index (χ4v) is 1.35. The number of hydrogen-bond donors (Lipinski definition) is 2. The molecule has 92 valence electrons. The Labute approximate surface area is 95.4 Å². The SMILES string of the molecule is CC(C)(C)OC(=O)N[C@H](CO)[C@H]1C=CCO1. The number of rotatable bonds is 3. The fourth-order valence-electron chi connectivity index (χ4n) is 1.35. The number of nitrogens with one attached hydrogen (secondary N) is 1. The maximum Gasteiger partial charge on any atom is 0.408 e. The molecule has 0 saturated carbocycles. The first-order valence-corrected chi connectivity index (χ1v) is 5.31. The minimum atomic E-state index is -0.546. The molecule has 0 radical (unpaired) electrons. The van der Waals surface area contributed by atoms with Gasteiger partial charge < -0.3 is 19.9 Å². The molecule has 5 heteroatoms. The van der Waals surface area contributed by atoms with Crippen LogP contribution in [-0.2, 0) is 9.47 Å². The molecular formula is C11H19NO4. The summed E-state index contributed by atoms with van der Waals surface area (Å²) >= 11 is 0. The highest BCUT2D eigenvalue weighted by Crippen LogP contribution is 2.10. The normalized spacial score (nSPS) is 21.9. The highest BCUT2D eigenvalue weighted by Gasteiger charge is 2.25. The molecule has 0 bridgehead atoms. The lowest BCUT2D eigenvalue weighted by Gasteiger charge is -2.25. The second-order valence-electron chi connectivity index (χ2n) is 4.66. The van der Waals surface area contributed by atoms with Crippen molar-refractivity contribution in [1.29, 1.82) is 0 Å². The molecule has 2 N–H and O–H groups in total. The van der Waals surface area contributed by atoms with Crippen LogP contribution in [0.15, 0.2) is 12.2 Å². The Morgan fingerprint density at radius 1 is 1.69 bits per heavy atom. The molecule has 0 aromatic heterocycles. The van der Waals surface area contributed by atoms with Crippen LogP contribution in [0.4, 0.5) is 4.79 Å². The molecule has 0 spiro atoms. The van der Waals surface area contributed by atoms with Gasteiger partial charge in [0.15, 0.2) is 0 Å². The molecule has 0 aromatic rings. The van der Waals surface area contributed by atoms with Crippen LogP contribution in [0.2, 0.25) is 0 Å². The van der Waals surface area contributed by atoms with Crippen molar-refractivity contribution in [2.75, 3.05) is 13.2 Å². The van der Waals surface area contributed by atoms with Crippen molar-refractivity contribution in [3.8, 4) is 0 Å². The summed E-state index contributed by atoms with van der Waals surface area (Å²) in [4.78, 5) is 11.5. The van der Waals surface area contributed by atoms with Gasteiger partial charge in [0.05, 0.1) is 25.4 Å². The van der Waals surface area contributed by atoms with E-state index in [9.17, 15) is 4.79 Å². The van der Waals surface area contributed by atoms with Gasteiger partial charge in [-0.2, -0.15) is 0 Å². The number of ether oxygens (including phenoxy) is 2. The second-order valence-corrected chi connectivity index (χ2v) is 4.66. The van der Waals surface area contributed by atoms with Gasteiger partial charge in [0.1, 0.15) is 5.60 Å². The molecule has 0 fully saturated rings. The molecule has 1 rings (SSSR count). The highest BCUT2D eigenvalue weighted by atomic mass is 16.6. The van der Waals surface area contributed by atoms with E-state index < -0.39 is 17.7 Å². The Kier molecular flexibility index (Phi) is 4.32. The van der Waals surface area contributed by atoms with Gasteiger partial charge in [-0.05, 0) is 20.8 Å². The minimum absolute atomic E-state index is 0.186. The first-order valence-electron chi connectivity index (χ1n) is 5.31. The molecule has 1 heterocycles. The average molecular weight is 229 g/mol. The highest BCUT2D eigenvalue weighted by molar-refractivity contribution is 5.68. The smallest absolute Gasteiger partial charge is 0.408 e. The molecular weight excluding hydrogens is 210 g/mol. The molecule has 0 saturated heterocycles. The Morgan fingerprint density at radius 3 is 2.81 bits per heavy atom. The van der Waals surface area contributed by atoms with E-state index in [0.29, 0.717) is 6.61 Å². The van der Waals surface area contributed by atoms with Crippen molar-refractivity contribution >= 4 is 6.09 Å². The lowest BCUT2D eigenvalue weighted by atomic mass is 10.1. The van der Waals surface area contributed by atoms with Crippen LogP contribution in [0.5, 0.6) is 0 Å². The first-order chi connectivity index (χ1) is 7.42. The van der Waals surface area contributed by atoms with Crippen LogP contribution in [0.3, 0.4) is 0 Å². The second kappa shape index (κ2) is 5.32. The van der Waals surface area contributed by atoms with E-state index in [2.05, 4.69) is 5.32 Å². The summed E-state index contributed by atoms with van der Waals surface area (Å²) < 4.78 is 10.4. The standard InChI is InChI=1S/C11H19NO4/c1-11(2,3)16-10(14)12-8(7-13)9-5-4-6-15-9/h4-5,8-9,13H,6-7H2,1-3H3,(H,12,14)/t8-,9-/m1/s1. The summed E-state index contributed by atoms with van der Waals surface area (Å²) in [5, 5.41) is 11.7. The monoisotopic (exact) mass is 229 g/mol. The molecule has 0 aliphatic carbocycles. The van der Waals surface area contributed by atoms with E-state index in [1.807, 2.05) is 12.2 Å². The third-order valence-electron chi connectivity index (χ3n) is 2.01. The average Bonchev–Trinajstić information content (AvgIpc) is 2.63. The third-order valence-corrected chi connectivity index (χ3v) is 2.01. The number of hydrogen-bond acceptors (Lipinski definition) is 4. The maximum atomic E-state index is 11.5. The largest absolute Gasteiger partial charge is 0.444 e. The van der Waals surface area contributed by atoms with Gasteiger partial charge in [-0.3, -0.25) is 0 Å². The number of amides is 1. The van der Waals surface area contributed by atoms with Crippen molar-refractivity contribution in [2.24, 2.45) is 0 Å². The van der Waals surface area contributed by atoms with Crippen molar-refractivity contribution in [3.63, 3.8) is 0 Å². The number of carbonyl (C=O) groups excluding carboxylic acids is 1. The van der Waals surface area contributed by atoms with Gasteiger partial charge >= 0.3 is 6.09 Å². The zero-order valence-corrected chi connectivity index (χ0v) is 9.90. The van der Waals surface area contributed by atoms with E-state index in [1.54, 1.807) is 20.8 Å². The number of aliphatic hydroxyl groups is 1. The van der Waals surface area contributed by atoms with Crippen LogP contribution in [0.25, 0.3) is 0 Å². The van der Waals surface area contributed by atoms with Gasteiger partial charge in [-0.25, -0.2) is 4.79 Å². The Balaban J connectivity index is 2.44. The summed E-state index contributed by atoms with van der Waals surface area (Å²) in [6.45, 7) is 5.68. The van der Waals surface area contributed by atoms with Gasteiger partial charge in [0.25, 0.3) is 0 Å². The van der Waals surface area contributed by atoms with Crippen LogP contribution >= 0.6 is 0 Å². The van der Waals surface area contributed by atoms with E-state index in [4.69, 9.17) is 14.6 Å². The van der Waals surface area contributed by atoms with E-state index in [1.165, 1.54) is 0 Å². The Bertz CT molecular complexity index is 270. The molecule has 1 aliphatic heterocycles. The lowest BCUT2D eigenvalue weighted by molar-refractivity contribution is 0.0327. The van der Waals surface area contributed by atoms with E-state index >= 15 is 0 Å². The quantitative estimate of drug-likeness (QED) is 0.703. The molecule has 0 unspecified atom stereocenters. The van der Waals surface area contributed by atoms with Crippen molar-refractivity contribution < 1.29 is 19.4 Å². The number of carbonyl (C=O) groups is 1. The van der Waals surface area contributed by atoms with Crippen molar-refractivity contribution in [3.05, 3.63) is 12.2 Å². The van der Waals surface area contributed by atoms with Crippen molar-refractivity contribution in [2.45, 2.75) is 38.5 Å². The van der Waals surface area contributed by atoms with Crippen molar-refractivity contribution in [1.82, 2.24) is 5.32 Å². The molecule has 16 heavy (non-hydrogen) atoms. The van der Waals surface area contributed by atoms with Crippen LogP contribution in [0, 0.1) is 0 Å². The summed E-state index contributed by atoms with van der Waals surface area (Å²) in [6, 6.07) is -0.464. The molecule has 2 atom stereocenters. The van der Waals surface area contributed by atoms with Gasteiger partial charge in [0, 0.05) is 0 Å². The number of aliphatic hydroxyl groups excluding tert-OH is 1. The Hall–Kier alpha value is -1.07. The topological polar surface area (TPSA) is 67.8 Å². The first kappa shape index (κ1) is 13.0. The Morgan fingerprint density at radius 2 is 2.38 bits per heavy atom. The zero-order valence-electron chi connectivity index (χ0n) is 9.90. The predicted molar refractivity (Wildman–Crippen MR) is 59.1 cm³/mol. The molecule has 1 aliphatic rings. The molecule has 5 nitrogen and oxygen atoms in total. The maximum absolute atomic E-state index is 11.5. The van der Waals surface area contributed by atoms with Gasteiger partial charge in [-0.15, -0.1) is 0 Å². The summed E-state index contributed by atoms with van der Waals surface area (Å²) in [7, 11) is 0. The zero-order chi connectivity index (χ0) is 12.2. The predicted octanol–water partition coefficient (Wildman–Crippen LogP) is 0.827. The van der Waals surface area contributed by atoms with E-state index in [-0.39, 0.29) is 12.7 Å².